The van der Waals surface area contributed by atoms with E-state index in [9.17, 15) is 78.6 Å². The van der Waals surface area contributed by atoms with Gasteiger partial charge >= 0.3 is 24.1 Å². The maximum absolute atomic E-state index is 14.8. The summed E-state index contributed by atoms with van der Waals surface area (Å²) in [5.41, 5.74) is 2.75. The van der Waals surface area contributed by atoms with Crippen molar-refractivity contribution < 1.29 is 135 Å². The number of esters is 2. The number of ketones is 4. The molecule has 0 aromatic heterocycles. The number of methoxy groups -OCH3 is 6. The second-order valence-electron chi connectivity index (χ2n) is 37.3. The summed E-state index contributed by atoms with van der Waals surface area (Å²) in [6, 6.07) is -2.51. The molecule has 4 amide bonds. The summed E-state index contributed by atoms with van der Waals surface area (Å²) in [4.78, 5) is 146. The maximum atomic E-state index is 14.8. The van der Waals surface area contributed by atoms with Gasteiger partial charge in [-0.15, -0.1) is 0 Å². The molecule has 708 valence electrons. The predicted octanol–water partition coefficient (Wildman–Crippen LogP) is 8.54. The van der Waals surface area contributed by atoms with Gasteiger partial charge in [0, 0.05) is 117 Å². The van der Waals surface area contributed by atoms with Crippen molar-refractivity contribution in [2.24, 2.45) is 59.2 Å². The fourth-order valence-electron chi connectivity index (χ4n) is 20.1. The van der Waals surface area contributed by atoms with E-state index in [1.54, 1.807) is 41.5 Å². The Bertz CT molecular complexity index is 3490. The summed E-state index contributed by atoms with van der Waals surface area (Å²) in [6.07, 6.45) is 1.30. The number of fused-ring (bicyclic) bond motifs is 6. The fourth-order valence-corrected chi connectivity index (χ4v) is 20.1. The Hall–Kier alpha value is -6.50. The second kappa shape index (κ2) is 48.9. The quantitative estimate of drug-likeness (QED) is 0.0165. The van der Waals surface area contributed by atoms with Crippen molar-refractivity contribution in [1.82, 2.24) is 20.4 Å². The van der Waals surface area contributed by atoms with Crippen LogP contribution in [0.2, 0.25) is 0 Å². The van der Waals surface area contributed by atoms with Gasteiger partial charge in [0.25, 0.3) is 23.4 Å². The minimum atomic E-state index is -2.62. The van der Waals surface area contributed by atoms with Crippen LogP contribution in [0.1, 0.15) is 230 Å². The molecule has 32 heteroatoms. The molecule has 0 radical (unpaired) electrons. The Morgan fingerprint density at radius 3 is 1.17 bits per heavy atom. The standard InChI is InChI=1S/C93H148N4O28/c1-52-38-54(3)42-76(116-13)82-78(118-15)46-58(7)92(112,124-82)84(104)86(106)96-34-19-17-26-66(96)88(108)122-80(56(5)44-62-28-30-68(98)74(48-62)114-11)60(9)70(100)50-72(102)64(40-52)24-21-36-120-90(110)94-32-23-33-95-91(111)121-37-22-25-65-41-53(2)39-55(4)43-77(117-14)83-79(119-16)47-59(8)93(113,125-83)85(105)87(107)97-35-20-18-27-67(97)89(109)123-81(61(10)71(101)51-73(65)103)57(6)45-63-29-31-69(99)75(49-63)115-12/h40-41,44-45,54-55,58-71,74-83,98-101,112-113H,17-39,42-43,46-51H2,1-16H3,(H,94,110)(H,95,111)/b52-40+,53-41+,56-44+,57-45+/t54-,55-,58+,59+,60+,61+,62?,63?,64+,65+,66-,67-,68+,69+,70-,71-,74+,75+,76-,77-,78-,79-,80?,81?,82+,83+,92+,93+/m0/s1. The number of Topliss-reactive ketones (excluding diaryl/α,β-unsaturated/α-hetero) is 4. The molecule has 6 heterocycles. The van der Waals surface area contributed by atoms with Crippen LogP contribution < -0.4 is 10.6 Å². The molecule has 4 unspecified atom stereocenters. The number of aliphatic hydroxyl groups is 6. The molecule has 8 aliphatic rings. The third-order valence-corrected chi connectivity index (χ3v) is 27.6. The van der Waals surface area contributed by atoms with E-state index in [0.717, 1.165) is 20.9 Å². The van der Waals surface area contributed by atoms with Crippen LogP contribution in [0.4, 0.5) is 9.59 Å². The zero-order valence-electron chi connectivity index (χ0n) is 76.8. The molecule has 6 fully saturated rings. The van der Waals surface area contributed by atoms with Crippen LogP contribution in [0.3, 0.4) is 0 Å². The average molecular weight is 1770 g/mol. The lowest BCUT2D eigenvalue weighted by Gasteiger charge is -2.47. The third kappa shape index (κ3) is 27.8. The van der Waals surface area contributed by atoms with Crippen molar-refractivity contribution in [3.05, 3.63) is 46.6 Å². The zero-order chi connectivity index (χ0) is 91.9. The Balaban J connectivity index is 0.908. The highest BCUT2D eigenvalue weighted by molar-refractivity contribution is 6.39. The number of hydrogen-bond acceptors (Lipinski definition) is 28. The van der Waals surface area contributed by atoms with E-state index in [1.165, 1.54) is 42.7 Å². The molecule has 28 atom stereocenters. The maximum Gasteiger partial charge on any atom is 0.407 e. The summed E-state index contributed by atoms with van der Waals surface area (Å²) >= 11 is 0. The average Bonchev–Trinajstić information content (AvgIpc) is 0.812. The SMILES string of the molecule is CO[C@H]1C[C@@H](C)C/C(C)=C/[C@@H](CCCOC(=O)NCCCNC(=O)OCCC[C@@H]2/C=C(\C)C[C@H](C)C[C@H](OC)[C@H]3O[C@@](O)(C(=O)C(=O)N4CCCC[C@H]4C(=O)OC(/C(C)=C/C4CC[C@@H](O)[C@H](OC)C4)[C@H](C)[C@@H](O)CC2=O)[C@H](C)C[C@@H]3OC)C(=O)C[C@H](O)[C@@H](C)C(/C(C)=C/C2CC[C@@H](O)[C@H](OC)C2)OC(=O)[C@@H]2CCCCN2C(=O)C(=O)[C@]2(O)O[C@H]1[C@@H](OC)C[C@H]2C. The normalized spacial score (nSPS) is 38.4. The van der Waals surface area contributed by atoms with Crippen molar-refractivity contribution in [2.75, 3.05) is 82.1 Å². The summed E-state index contributed by atoms with van der Waals surface area (Å²) in [6.45, 7) is 17.8. The van der Waals surface area contributed by atoms with Gasteiger partial charge in [-0.3, -0.25) is 28.8 Å². The Kier molecular flexibility index (Phi) is 40.7. The number of cyclic esters (lactones) is 2. The Morgan fingerprint density at radius 2 is 0.816 bits per heavy atom. The highest BCUT2D eigenvalue weighted by Crippen LogP contribution is 2.43. The number of nitrogens with zero attached hydrogens (tertiary/aromatic N) is 2. The number of hydrogen-bond donors (Lipinski definition) is 8. The van der Waals surface area contributed by atoms with E-state index in [0.29, 0.717) is 101 Å². The Labute approximate surface area is 738 Å². The molecule has 8 N–H and O–H groups in total. The number of ether oxygens (including phenoxy) is 12. The minimum Gasteiger partial charge on any atom is -0.456 e. The van der Waals surface area contributed by atoms with Crippen LogP contribution in [0, 0.1) is 59.2 Å². The van der Waals surface area contributed by atoms with Gasteiger partial charge in [0.05, 0.1) is 74.3 Å². The van der Waals surface area contributed by atoms with Gasteiger partial charge in [-0.2, -0.15) is 0 Å². The number of allylic oxidation sites excluding steroid dienone is 6. The largest absolute Gasteiger partial charge is 0.456 e. The number of carbonyl (C=O) groups excluding carboxylic acids is 10. The Morgan fingerprint density at radius 1 is 0.464 bits per heavy atom. The predicted molar refractivity (Wildman–Crippen MR) is 457 cm³/mol. The third-order valence-electron chi connectivity index (χ3n) is 27.6. The van der Waals surface area contributed by atoms with Gasteiger partial charge in [0.15, 0.2) is 0 Å². The summed E-state index contributed by atoms with van der Waals surface area (Å²) in [5.74, 6) is -18.0. The van der Waals surface area contributed by atoms with Gasteiger partial charge < -0.3 is 108 Å². The lowest BCUT2D eigenvalue weighted by molar-refractivity contribution is -0.302. The van der Waals surface area contributed by atoms with Crippen molar-refractivity contribution in [3.63, 3.8) is 0 Å². The molecular weight excluding hydrogens is 1620 g/mol. The molecule has 4 saturated heterocycles. The van der Waals surface area contributed by atoms with Gasteiger partial charge in [0.1, 0.15) is 48.1 Å². The van der Waals surface area contributed by atoms with Crippen LogP contribution in [-0.4, -0.2) is 291 Å². The molecule has 8 rings (SSSR count). The number of alkyl carbamates (subject to hydrolysis) is 2. The molecule has 125 heavy (non-hydrogen) atoms. The number of aliphatic hydroxyl groups excluding tert-OH is 4. The van der Waals surface area contributed by atoms with Gasteiger partial charge in [0.2, 0.25) is 11.6 Å². The summed E-state index contributed by atoms with van der Waals surface area (Å²) in [5, 5.41) is 75.9. The highest BCUT2D eigenvalue weighted by Gasteiger charge is 2.59. The molecule has 4 bridgehead atoms. The van der Waals surface area contributed by atoms with E-state index < -0.39 is 192 Å². The molecule has 0 aromatic carbocycles. The molecule has 2 saturated carbocycles. The number of nitrogens with one attached hydrogen (secondary N) is 2. The van der Waals surface area contributed by atoms with Gasteiger partial charge in [-0.25, -0.2) is 19.2 Å². The first-order valence-electron chi connectivity index (χ1n) is 45.7. The van der Waals surface area contributed by atoms with Gasteiger partial charge in [-0.05, 0) is 210 Å². The van der Waals surface area contributed by atoms with Crippen molar-refractivity contribution in [1.29, 1.82) is 0 Å². The molecular formula is C93H148N4O28. The first-order chi connectivity index (χ1) is 59.3. The van der Waals surface area contributed by atoms with Crippen LogP contribution >= 0.6 is 0 Å². The summed E-state index contributed by atoms with van der Waals surface area (Å²) in [7, 11) is 8.99. The van der Waals surface area contributed by atoms with Crippen molar-refractivity contribution >= 4 is 59.1 Å². The number of piperidine rings is 2. The van der Waals surface area contributed by atoms with Crippen molar-refractivity contribution in [3.8, 4) is 0 Å². The summed E-state index contributed by atoms with van der Waals surface area (Å²) < 4.78 is 71.7. The molecule has 0 aromatic rings. The molecule has 32 nitrogen and oxygen atoms in total. The number of rotatable bonds is 22. The smallest absolute Gasteiger partial charge is 0.407 e. The zero-order valence-corrected chi connectivity index (χ0v) is 76.8. The van der Waals surface area contributed by atoms with E-state index in [-0.39, 0.29) is 145 Å². The molecule has 0 spiro atoms. The van der Waals surface area contributed by atoms with Crippen LogP contribution in [-0.2, 0) is 95.2 Å². The van der Waals surface area contributed by atoms with E-state index in [2.05, 4.69) is 10.6 Å². The van der Waals surface area contributed by atoms with Crippen LogP contribution in [0.15, 0.2) is 46.6 Å². The minimum absolute atomic E-state index is 0.00691. The second-order valence-corrected chi connectivity index (χ2v) is 37.3. The first-order valence-corrected chi connectivity index (χ1v) is 45.7. The van der Waals surface area contributed by atoms with Gasteiger partial charge in [-0.1, -0.05) is 77.0 Å². The molecule has 6 aliphatic heterocycles. The highest BCUT2D eigenvalue weighted by atomic mass is 16.7. The van der Waals surface area contributed by atoms with Crippen LogP contribution in [0.25, 0.3) is 0 Å². The van der Waals surface area contributed by atoms with E-state index in [4.69, 9.17) is 56.8 Å². The van der Waals surface area contributed by atoms with Crippen molar-refractivity contribution in [2.45, 2.75) is 339 Å². The molecule has 2 aliphatic carbocycles. The topological polar surface area (TPSA) is 433 Å². The number of amides is 4. The van der Waals surface area contributed by atoms with Crippen LogP contribution in [0.5, 0.6) is 0 Å². The monoisotopic (exact) mass is 1770 g/mol. The van der Waals surface area contributed by atoms with E-state index in [1.807, 2.05) is 52.0 Å². The first kappa shape index (κ1) is 104. The number of carbonyl (C=O) groups is 10. The lowest BCUT2D eigenvalue weighted by Crippen LogP contribution is -2.64. The fraction of sp³-hybridized carbons (Fsp3) is 0.806. The lowest BCUT2D eigenvalue weighted by atomic mass is 9.81. The van der Waals surface area contributed by atoms with E-state index >= 15 is 0 Å².